The standard InChI is InChI=1S/C14H18N4O3/c1-9(15)10-3-2-6-17(8-10)14-16-12-7-11(18(19)20)4-5-13(12)21-14/h4-5,7,9-10H,2-3,6,8,15H2,1H3. The van der Waals surface area contributed by atoms with Crippen molar-refractivity contribution in [1.82, 2.24) is 4.98 Å². The number of rotatable bonds is 3. The van der Waals surface area contributed by atoms with Crippen molar-refractivity contribution >= 4 is 22.8 Å². The van der Waals surface area contributed by atoms with E-state index >= 15 is 0 Å². The molecule has 1 aliphatic heterocycles. The van der Waals surface area contributed by atoms with Gasteiger partial charge in [0, 0.05) is 31.3 Å². The number of benzene rings is 1. The lowest BCUT2D eigenvalue weighted by atomic mass is 9.92. The third kappa shape index (κ3) is 2.69. The molecule has 0 amide bonds. The first-order chi connectivity index (χ1) is 10.0. The number of oxazole rings is 1. The second-order valence-electron chi connectivity index (χ2n) is 5.61. The molecule has 0 saturated carbocycles. The van der Waals surface area contributed by atoms with Gasteiger partial charge < -0.3 is 15.1 Å². The van der Waals surface area contributed by atoms with Gasteiger partial charge in [0.15, 0.2) is 5.58 Å². The minimum Gasteiger partial charge on any atom is -0.423 e. The van der Waals surface area contributed by atoms with E-state index in [0.717, 1.165) is 25.9 Å². The van der Waals surface area contributed by atoms with Gasteiger partial charge in [-0.25, -0.2) is 0 Å². The molecule has 0 bridgehead atoms. The fourth-order valence-corrected chi connectivity index (χ4v) is 2.77. The van der Waals surface area contributed by atoms with Crippen LogP contribution in [-0.2, 0) is 0 Å². The molecule has 1 fully saturated rings. The largest absolute Gasteiger partial charge is 0.423 e. The number of aromatic nitrogens is 1. The molecule has 1 aromatic heterocycles. The zero-order chi connectivity index (χ0) is 15.0. The molecule has 1 saturated heterocycles. The highest BCUT2D eigenvalue weighted by atomic mass is 16.6. The van der Waals surface area contributed by atoms with Crippen LogP contribution in [-0.4, -0.2) is 29.0 Å². The predicted octanol–water partition coefficient (Wildman–Crippen LogP) is 2.30. The number of anilines is 1. The van der Waals surface area contributed by atoms with E-state index in [4.69, 9.17) is 10.2 Å². The third-order valence-corrected chi connectivity index (χ3v) is 4.04. The highest BCUT2D eigenvalue weighted by Gasteiger charge is 2.25. The van der Waals surface area contributed by atoms with E-state index < -0.39 is 4.92 Å². The van der Waals surface area contributed by atoms with Crippen LogP contribution in [0.5, 0.6) is 0 Å². The van der Waals surface area contributed by atoms with Gasteiger partial charge in [0.2, 0.25) is 0 Å². The number of nitrogens with zero attached hydrogens (tertiary/aromatic N) is 3. The number of fused-ring (bicyclic) bond motifs is 1. The molecule has 2 unspecified atom stereocenters. The van der Waals surface area contributed by atoms with Crippen molar-refractivity contribution in [2.75, 3.05) is 18.0 Å². The normalized spacial score (nSPS) is 20.7. The Morgan fingerprint density at radius 3 is 3.10 bits per heavy atom. The number of nitro benzene ring substituents is 1. The molecule has 2 N–H and O–H groups in total. The molecule has 2 aromatic rings. The maximum atomic E-state index is 10.8. The van der Waals surface area contributed by atoms with Crippen LogP contribution in [0.2, 0.25) is 0 Å². The Kier molecular flexibility index (Phi) is 3.50. The summed E-state index contributed by atoms with van der Waals surface area (Å²) in [5, 5.41) is 10.8. The SMILES string of the molecule is CC(N)C1CCCN(c2nc3cc([N+](=O)[O-])ccc3o2)C1. The maximum absolute atomic E-state index is 10.8. The number of hydrogen-bond donors (Lipinski definition) is 1. The molecule has 112 valence electrons. The molecule has 1 aliphatic rings. The molecular weight excluding hydrogens is 272 g/mol. The van der Waals surface area contributed by atoms with E-state index in [2.05, 4.69) is 9.88 Å². The molecule has 7 nitrogen and oxygen atoms in total. The van der Waals surface area contributed by atoms with Crippen molar-refractivity contribution in [1.29, 1.82) is 0 Å². The summed E-state index contributed by atoms with van der Waals surface area (Å²) in [5.74, 6) is 0.420. The highest BCUT2D eigenvalue weighted by Crippen LogP contribution is 2.28. The third-order valence-electron chi connectivity index (χ3n) is 4.04. The van der Waals surface area contributed by atoms with Crippen molar-refractivity contribution in [2.24, 2.45) is 11.7 Å². The number of nitrogens with two attached hydrogens (primary N) is 1. The molecule has 1 aromatic carbocycles. The van der Waals surface area contributed by atoms with Crippen LogP contribution in [0.3, 0.4) is 0 Å². The first-order valence-corrected chi connectivity index (χ1v) is 7.10. The van der Waals surface area contributed by atoms with Crippen LogP contribution >= 0.6 is 0 Å². The van der Waals surface area contributed by atoms with Crippen LogP contribution < -0.4 is 10.6 Å². The minimum absolute atomic E-state index is 0.0226. The summed E-state index contributed by atoms with van der Waals surface area (Å²) < 4.78 is 5.72. The number of piperidine rings is 1. The predicted molar refractivity (Wildman–Crippen MR) is 79.2 cm³/mol. The summed E-state index contributed by atoms with van der Waals surface area (Å²) in [7, 11) is 0. The Labute approximate surface area is 121 Å². The lowest BCUT2D eigenvalue weighted by Gasteiger charge is -2.33. The van der Waals surface area contributed by atoms with Crippen molar-refractivity contribution in [3.63, 3.8) is 0 Å². The van der Waals surface area contributed by atoms with E-state index in [1.54, 1.807) is 6.07 Å². The fraction of sp³-hybridized carbons (Fsp3) is 0.500. The average molecular weight is 290 g/mol. The van der Waals surface area contributed by atoms with E-state index in [1.165, 1.54) is 12.1 Å². The zero-order valence-electron chi connectivity index (χ0n) is 11.9. The molecular formula is C14H18N4O3. The smallest absolute Gasteiger partial charge is 0.298 e. The van der Waals surface area contributed by atoms with Crippen molar-refractivity contribution in [3.8, 4) is 0 Å². The maximum Gasteiger partial charge on any atom is 0.298 e. The summed E-state index contributed by atoms with van der Waals surface area (Å²) in [6.07, 6.45) is 2.16. The van der Waals surface area contributed by atoms with Gasteiger partial charge in [0.1, 0.15) is 5.52 Å². The summed E-state index contributed by atoms with van der Waals surface area (Å²) in [4.78, 5) is 16.8. The summed E-state index contributed by atoms with van der Waals surface area (Å²) in [6.45, 7) is 3.70. The first kappa shape index (κ1) is 13.8. The van der Waals surface area contributed by atoms with Crippen molar-refractivity contribution in [3.05, 3.63) is 28.3 Å². The van der Waals surface area contributed by atoms with Crippen LogP contribution in [0.1, 0.15) is 19.8 Å². The van der Waals surface area contributed by atoms with Gasteiger partial charge in [0.05, 0.1) is 4.92 Å². The molecule has 0 spiro atoms. The van der Waals surface area contributed by atoms with Gasteiger partial charge in [0.25, 0.3) is 11.7 Å². The monoisotopic (exact) mass is 290 g/mol. The molecule has 7 heteroatoms. The van der Waals surface area contributed by atoms with E-state index in [0.29, 0.717) is 23.0 Å². The minimum atomic E-state index is -0.430. The first-order valence-electron chi connectivity index (χ1n) is 7.10. The van der Waals surface area contributed by atoms with Crippen LogP contribution in [0, 0.1) is 16.0 Å². The van der Waals surface area contributed by atoms with Gasteiger partial charge in [-0.05, 0) is 31.7 Å². The van der Waals surface area contributed by atoms with Gasteiger partial charge in [-0.15, -0.1) is 0 Å². The Morgan fingerprint density at radius 1 is 1.57 bits per heavy atom. The summed E-state index contributed by atoms with van der Waals surface area (Å²) in [6, 6.07) is 5.12. The zero-order valence-corrected chi connectivity index (χ0v) is 11.9. The Bertz CT molecular complexity index is 667. The number of nitro groups is 1. The molecule has 21 heavy (non-hydrogen) atoms. The molecule has 3 rings (SSSR count). The van der Waals surface area contributed by atoms with Crippen molar-refractivity contribution < 1.29 is 9.34 Å². The number of hydrogen-bond acceptors (Lipinski definition) is 6. The summed E-state index contributed by atoms with van der Waals surface area (Å²) >= 11 is 0. The fourth-order valence-electron chi connectivity index (χ4n) is 2.77. The Balaban J connectivity index is 1.88. The van der Waals surface area contributed by atoms with Gasteiger partial charge in [-0.3, -0.25) is 10.1 Å². The number of non-ortho nitro benzene ring substituents is 1. The van der Waals surface area contributed by atoms with Crippen LogP contribution in [0.4, 0.5) is 11.7 Å². The molecule has 2 atom stereocenters. The Morgan fingerprint density at radius 2 is 2.38 bits per heavy atom. The van der Waals surface area contributed by atoms with Gasteiger partial charge in [-0.1, -0.05) is 0 Å². The lowest BCUT2D eigenvalue weighted by molar-refractivity contribution is -0.384. The Hall–Kier alpha value is -2.15. The quantitative estimate of drug-likeness (QED) is 0.688. The van der Waals surface area contributed by atoms with E-state index in [9.17, 15) is 10.1 Å². The second-order valence-corrected chi connectivity index (χ2v) is 5.61. The molecule has 2 heterocycles. The highest BCUT2D eigenvalue weighted by molar-refractivity contribution is 5.77. The topological polar surface area (TPSA) is 98.4 Å². The average Bonchev–Trinajstić information content (AvgIpc) is 2.90. The van der Waals surface area contributed by atoms with Crippen LogP contribution in [0.25, 0.3) is 11.1 Å². The van der Waals surface area contributed by atoms with Gasteiger partial charge in [-0.2, -0.15) is 4.98 Å². The molecule has 0 radical (unpaired) electrons. The van der Waals surface area contributed by atoms with E-state index in [1.807, 2.05) is 6.92 Å². The summed E-state index contributed by atoms with van der Waals surface area (Å²) in [5.41, 5.74) is 7.09. The van der Waals surface area contributed by atoms with E-state index in [-0.39, 0.29) is 11.7 Å². The molecule has 0 aliphatic carbocycles. The van der Waals surface area contributed by atoms with Crippen molar-refractivity contribution in [2.45, 2.75) is 25.8 Å². The lowest BCUT2D eigenvalue weighted by Crippen LogP contribution is -2.42. The van der Waals surface area contributed by atoms with Crippen LogP contribution in [0.15, 0.2) is 22.6 Å². The van der Waals surface area contributed by atoms with Gasteiger partial charge >= 0.3 is 0 Å². The second kappa shape index (κ2) is 5.33.